The van der Waals surface area contributed by atoms with Gasteiger partial charge in [-0.3, -0.25) is 0 Å². The monoisotopic (exact) mass is 337 g/mol. The summed E-state index contributed by atoms with van der Waals surface area (Å²) in [7, 11) is 0. The molecule has 0 fully saturated rings. The molecule has 0 spiro atoms. The second-order valence-electron chi connectivity index (χ2n) is 4.66. The molecule has 2 nitrogen and oxygen atoms in total. The van der Waals surface area contributed by atoms with Gasteiger partial charge in [-0.25, -0.2) is 4.39 Å². The predicted molar refractivity (Wildman–Crippen MR) is 82.6 cm³/mol. The summed E-state index contributed by atoms with van der Waals surface area (Å²) in [6.07, 6.45) is 1.64. The van der Waals surface area contributed by atoms with Gasteiger partial charge in [-0.1, -0.05) is 25.1 Å². The van der Waals surface area contributed by atoms with E-state index in [1.165, 1.54) is 12.1 Å². The molecule has 0 radical (unpaired) electrons. The van der Waals surface area contributed by atoms with Gasteiger partial charge in [0.15, 0.2) is 0 Å². The minimum absolute atomic E-state index is 0.0932. The summed E-state index contributed by atoms with van der Waals surface area (Å²) in [6, 6.07) is 12.2. The van der Waals surface area contributed by atoms with E-state index in [9.17, 15) is 4.39 Å². The van der Waals surface area contributed by atoms with Crippen LogP contribution in [0.1, 0.15) is 18.9 Å². The lowest BCUT2D eigenvalue weighted by Gasteiger charge is -2.14. The van der Waals surface area contributed by atoms with Crippen LogP contribution in [0.5, 0.6) is 11.5 Å². The molecular formula is C16H17BrFNO. The number of para-hydroxylation sites is 1. The van der Waals surface area contributed by atoms with Crippen molar-refractivity contribution in [3.63, 3.8) is 0 Å². The van der Waals surface area contributed by atoms with Crippen LogP contribution in [0.25, 0.3) is 0 Å². The first-order valence-electron chi connectivity index (χ1n) is 6.56. The van der Waals surface area contributed by atoms with Crippen molar-refractivity contribution in [2.45, 2.75) is 25.8 Å². The average Bonchev–Trinajstić information content (AvgIpc) is 2.44. The third-order valence-corrected chi connectivity index (χ3v) is 3.75. The van der Waals surface area contributed by atoms with E-state index in [-0.39, 0.29) is 11.9 Å². The molecule has 0 aliphatic heterocycles. The standard InChI is InChI=1S/C16H17BrFNO/c1-2-13(19)9-11-5-3-4-6-15(11)20-16-10-12(18)7-8-14(16)17/h3-8,10,13H,2,9,19H2,1H3. The molecule has 2 aromatic rings. The van der Waals surface area contributed by atoms with Crippen LogP contribution in [0.2, 0.25) is 0 Å². The highest BCUT2D eigenvalue weighted by Gasteiger charge is 2.10. The first kappa shape index (κ1) is 15.0. The second-order valence-corrected chi connectivity index (χ2v) is 5.51. The van der Waals surface area contributed by atoms with Gasteiger partial charge in [0, 0.05) is 12.1 Å². The Morgan fingerprint density at radius 1 is 1.20 bits per heavy atom. The largest absolute Gasteiger partial charge is 0.456 e. The molecule has 2 N–H and O–H groups in total. The molecule has 0 aromatic heterocycles. The fraction of sp³-hybridized carbons (Fsp3) is 0.250. The molecule has 1 unspecified atom stereocenters. The molecule has 0 heterocycles. The van der Waals surface area contributed by atoms with Gasteiger partial charge in [0.25, 0.3) is 0 Å². The van der Waals surface area contributed by atoms with Crippen LogP contribution >= 0.6 is 15.9 Å². The van der Waals surface area contributed by atoms with E-state index >= 15 is 0 Å². The van der Waals surface area contributed by atoms with Crippen molar-refractivity contribution in [3.8, 4) is 11.5 Å². The molecule has 0 amide bonds. The Balaban J connectivity index is 2.27. The lowest BCUT2D eigenvalue weighted by atomic mass is 10.0. The first-order valence-corrected chi connectivity index (χ1v) is 7.36. The van der Waals surface area contributed by atoms with E-state index in [4.69, 9.17) is 10.5 Å². The Labute approximate surface area is 126 Å². The summed E-state index contributed by atoms with van der Waals surface area (Å²) in [5.41, 5.74) is 7.02. The Hall–Kier alpha value is -1.39. The fourth-order valence-corrected chi connectivity index (χ4v) is 2.20. The Kier molecular flexibility index (Phi) is 5.15. The zero-order chi connectivity index (χ0) is 14.5. The van der Waals surface area contributed by atoms with Crippen LogP contribution in [0.3, 0.4) is 0 Å². The normalized spacial score (nSPS) is 12.2. The minimum atomic E-state index is -0.328. The van der Waals surface area contributed by atoms with Crippen molar-refractivity contribution in [3.05, 3.63) is 58.3 Å². The molecule has 20 heavy (non-hydrogen) atoms. The van der Waals surface area contributed by atoms with Gasteiger partial charge < -0.3 is 10.5 Å². The van der Waals surface area contributed by atoms with E-state index in [1.54, 1.807) is 6.07 Å². The molecule has 4 heteroatoms. The van der Waals surface area contributed by atoms with Crippen LogP contribution in [0.15, 0.2) is 46.9 Å². The molecule has 0 saturated heterocycles. The van der Waals surface area contributed by atoms with Gasteiger partial charge in [-0.2, -0.15) is 0 Å². The summed E-state index contributed by atoms with van der Waals surface area (Å²) < 4.78 is 19.8. The van der Waals surface area contributed by atoms with E-state index in [0.717, 1.165) is 18.4 Å². The quantitative estimate of drug-likeness (QED) is 0.861. The van der Waals surface area contributed by atoms with Gasteiger partial charge >= 0.3 is 0 Å². The fourth-order valence-electron chi connectivity index (χ4n) is 1.87. The molecular weight excluding hydrogens is 321 g/mol. The third kappa shape index (κ3) is 3.81. The van der Waals surface area contributed by atoms with Gasteiger partial charge in [0.05, 0.1) is 4.47 Å². The molecule has 0 bridgehead atoms. The Morgan fingerprint density at radius 2 is 1.95 bits per heavy atom. The maximum atomic E-state index is 13.3. The molecule has 106 valence electrons. The zero-order valence-corrected chi connectivity index (χ0v) is 12.9. The van der Waals surface area contributed by atoms with Crippen LogP contribution in [-0.4, -0.2) is 6.04 Å². The number of nitrogens with two attached hydrogens (primary N) is 1. The minimum Gasteiger partial charge on any atom is -0.456 e. The van der Waals surface area contributed by atoms with Crippen molar-refractivity contribution >= 4 is 15.9 Å². The molecule has 2 aromatic carbocycles. The zero-order valence-electron chi connectivity index (χ0n) is 11.3. The van der Waals surface area contributed by atoms with Crippen molar-refractivity contribution in [2.24, 2.45) is 5.73 Å². The number of benzene rings is 2. The lowest BCUT2D eigenvalue weighted by Crippen LogP contribution is -2.21. The van der Waals surface area contributed by atoms with E-state index in [0.29, 0.717) is 16.0 Å². The van der Waals surface area contributed by atoms with Crippen molar-refractivity contribution < 1.29 is 9.13 Å². The lowest BCUT2D eigenvalue weighted by molar-refractivity contribution is 0.464. The molecule has 1 atom stereocenters. The van der Waals surface area contributed by atoms with Crippen LogP contribution in [-0.2, 0) is 6.42 Å². The van der Waals surface area contributed by atoms with Crippen LogP contribution in [0, 0.1) is 5.82 Å². The van der Waals surface area contributed by atoms with Crippen LogP contribution < -0.4 is 10.5 Å². The molecule has 0 aliphatic carbocycles. The van der Waals surface area contributed by atoms with Crippen molar-refractivity contribution in [1.29, 1.82) is 0 Å². The Morgan fingerprint density at radius 3 is 2.70 bits per heavy atom. The molecule has 0 aliphatic rings. The van der Waals surface area contributed by atoms with E-state index < -0.39 is 0 Å². The van der Waals surface area contributed by atoms with Gasteiger partial charge in [0.1, 0.15) is 17.3 Å². The number of hydrogen-bond acceptors (Lipinski definition) is 2. The summed E-state index contributed by atoms with van der Waals surface area (Å²) in [4.78, 5) is 0. The highest BCUT2D eigenvalue weighted by molar-refractivity contribution is 9.10. The number of ether oxygens (including phenoxy) is 1. The third-order valence-electron chi connectivity index (χ3n) is 3.09. The van der Waals surface area contributed by atoms with E-state index in [1.807, 2.05) is 24.3 Å². The first-order chi connectivity index (χ1) is 9.60. The van der Waals surface area contributed by atoms with Crippen molar-refractivity contribution in [1.82, 2.24) is 0 Å². The second kappa shape index (κ2) is 6.86. The SMILES string of the molecule is CCC(N)Cc1ccccc1Oc1cc(F)ccc1Br. The maximum absolute atomic E-state index is 13.3. The predicted octanol–water partition coefficient (Wildman–Crippen LogP) is 4.66. The molecule has 2 rings (SSSR count). The summed E-state index contributed by atoms with van der Waals surface area (Å²) in [6.45, 7) is 2.05. The maximum Gasteiger partial charge on any atom is 0.144 e. The number of hydrogen-bond donors (Lipinski definition) is 1. The topological polar surface area (TPSA) is 35.2 Å². The number of halogens is 2. The van der Waals surface area contributed by atoms with Crippen molar-refractivity contribution in [2.75, 3.05) is 0 Å². The number of rotatable bonds is 5. The smallest absolute Gasteiger partial charge is 0.144 e. The van der Waals surface area contributed by atoms with Gasteiger partial charge in [0.2, 0.25) is 0 Å². The summed E-state index contributed by atoms with van der Waals surface area (Å²) >= 11 is 3.36. The van der Waals surface area contributed by atoms with Gasteiger partial charge in [-0.05, 0) is 52.5 Å². The Bertz CT molecular complexity index is 588. The highest BCUT2D eigenvalue weighted by Crippen LogP contribution is 2.32. The highest BCUT2D eigenvalue weighted by atomic mass is 79.9. The van der Waals surface area contributed by atoms with E-state index in [2.05, 4.69) is 22.9 Å². The summed E-state index contributed by atoms with van der Waals surface area (Å²) in [5, 5.41) is 0. The molecule has 0 saturated carbocycles. The summed E-state index contributed by atoms with van der Waals surface area (Å²) in [5.74, 6) is 0.844. The van der Waals surface area contributed by atoms with Gasteiger partial charge in [-0.15, -0.1) is 0 Å². The average molecular weight is 338 g/mol. The van der Waals surface area contributed by atoms with Crippen LogP contribution in [0.4, 0.5) is 4.39 Å².